The maximum absolute atomic E-state index is 2.55. The van der Waals surface area contributed by atoms with Crippen molar-refractivity contribution in [2.45, 2.75) is 0 Å². The van der Waals surface area contributed by atoms with E-state index in [0.717, 1.165) is 11.4 Å². The molecular formula is C70H40N2S2. The Morgan fingerprint density at radius 3 is 1.08 bits per heavy atom. The molecule has 342 valence electrons. The molecule has 4 heteroatoms. The van der Waals surface area contributed by atoms with Crippen molar-refractivity contribution in [3.8, 4) is 33.6 Å². The summed E-state index contributed by atoms with van der Waals surface area (Å²) in [7, 11) is 0. The van der Waals surface area contributed by atoms with Gasteiger partial charge in [-0.15, -0.1) is 22.7 Å². The van der Waals surface area contributed by atoms with Crippen molar-refractivity contribution in [1.82, 2.24) is 9.13 Å². The molecule has 0 N–H and O–H groups in total. The summed E-state index contributed by atoms with van der Waals surface area (Å²) in [4.78, 5) is 0. The van der Waals surface area contributed by atoms with Crippen LogP contribution in [0.4, 0.5) is 0 Å². The van der Waals surface area contributed by atoms with Crippen molar-refractivity contribution in [3.05, 3.63) is 243 Å². The van der Waals surface area contributed by atoms with Crippen molar-refractivity contribution < 1.29 is 0 Å². The molecule has 4 heterocycles. The van der Waals surface area contributed by atoms with Crippen LogP contribution < -0.4 is 0 Å². The van der Waals surface area contributed by atoms with Gasteiger partial charge in [-0.3, -0.25) is 0 Å². The predicted octanol–water partition coefficient (Wildman–Crippen LogP) is 20.6. The van der Waals surface area contributed by atoms with Crippen LogP contribution in [0.25, 0.3) is 161 Å². The van der Waals surface area contributed by atoms with E-state index in [9.17, 15) is 0 Å². The number of nitrogens with zero attached hydrogens (tertiary/aromatic N) is 2. The topological polar surface area (TPSA) is 9.86 Å². The van der Waals surface area contributed by atoms with Crippen molar-refractivity contribution in [1.29, 1.82) is 0 Å². The van der Waals surface area contributed by atoms with Crippen LogP contribution >= 0.6 is 22.7 Å². The molecule has 2 nitrogen and oxygen atoms in total. The maximum atomic E-state index is 2.55. The van der Waals surface area contributed by atoms with Crippen LogP contribution in [0.5, 0.6) is 0 Å². The van der Waals surface area contributed by atoms with Gasteiger partial charge in [0.2, 0.25) is 0 Å². The van der Waals surface area contributed by atoms with E-state index in [1.54, 1.807) is 0 Å². The van der Waals surface area contributed by atoms with Crippen LogP contribution in [-0.4, -0.2) is 9.13 Å². The van der Waals surface area contributed by atoms with E-state index in [4.69, 9.17) is 0 Å². The highest BCUT2D eigenvalue weighted by atomic mass is 32.1. The summed E-state index contributed by atoms with van der Waals surface area (Å²) in [6, 6.07) is 91.0. The van der Waals surface area contributed by atoms with Crippen molar-refractivity contribution in [2.75, 3.05) is 0 Å². The van der Waals surface area contributed by atoms with E-state index in [-0.39, 0.29) is 0 Å². The zero-order valence-corrected chi connectivity index (χ0v) is 41.4. The zero-order chi connectivity index (χ0) is 48.2. The number of benzene rings is 13. The molecule has 4 aromatic heterocycles. The Bertz CT molecular complexity index is 4910. The predicted molar refractivity (Wildman–Crippen MR) is 322 cm³/mol. The summed E-state index contributed by atoms with van der Waals surface area (Å²) >= 11 is 3.85. The van der Waals surface area contributed by atoms with Crippen molar-refractivity contribution >= 4 is 150 Å². The Balaban J connectivity index is 1.06. The van der Waals surface area contributed by atoms with Gasteiger partial charge in [-0.2, -0.15) is 0 Å². The van der Waals surface area contributed by atoms with Gasteiger partial charge in [-0.25, -0.2) is 0 Å². The molecule has 0 unspecified atom stereocenters. The zero-order valence-electron chi connectivity index (χ0n) is 39.8. The largest absolute Gasteiger partial charge is 0.309 e. The van der Waals surface area contributed by atoms with E-state index >= 15 is 0 Å². The summed E-state index contributed by atoms with van der Waals surface area (Å²) in [5.74, 6) is 0. The Labute approximate surface area is 432 Å². The maximum Gasteiger partial charge on any atom is 0.0619 e. The van der Waals surface area contributed by atoms with Gasteiger partial charge in [0.25, 0.3) is 0 Å². The molecule has 0 fully saturated rings. The molecule has 74 heavy (non-hydrogen) atoms. The third kappa shape index (κ3) is 5.53. The number of rotatable bonds is 4. The van der Waals surface area contributed by atoms with Gasteiger partial charge in [0.1, 0.15) is 0 Å². The molecule has 0 bridgehead atoms. The highest BCUT2D eigenvalue weighted by molar-refractivity contribution is 7.27. The first-order chi connectivity index (χ1) is 36.7. The van der Waals surface area contributed by atoms with Crippen LogP contribution in [0, 0.1) is 0 Å². The van der Waals surface area contributed by atoms with Gasteiger partial charge < -0.3 is 9.13 Å². The monoisotopic (exact) mass is 972 g/mol. The summed E-state index contributed by atoms with van der Waals surface area (Å²) in [6.45, 7) is 0. The quantitative estimate of drug-likeness (QED) is 0.123. The Morgan fingerprint density at radius 1 is 0.243 bits per heavy atom. The molecule has 0 radical (unpaired) electrons. The molecule has 13 aromatic carbocycles. The fourth-order valence-electron chi connectivity index (χ4n) is 12.9. The van der Waals surface area contributed by atoms with Gasteiger partial charge in [-0.05, 0) is 116 Å². The number of aromatic nitrogens is 2. The van der Waals surface area contributed by atoms with Gasteiger partial charge >= 0.3 is 0 Å². The Hall–Kier alpha value is -9.06. The molecule has 0 saturated carbocycles. The number of hydrogen-bond donors (Lipinski definition) is 0. The number of fused-ring (bicyclic) bond motifs is 20. The van der Waals surface area contributed by atoms with Crippen LogP contribution in [0.2, 0.25) is 0 Å². The molecule has 0 aliphatic carbocycles. The second-order valence-corrected chi connectivity index (χ2v) is 22.0. The lowest BCUT2D eigenvalue weighted by atomic mass is 9.87. The molecule has 17 aromatic rings. The third-order valence-electron chi connectivity index (χ3n) is 16.0. The fraction of sp³-hybridized carbons (Fsp3) is 0. The number of thiophene rings is 2. The van der Waals surface area contributed by atoms with E-state index in [2.05, 4.69) is 252 Å². The molecular weight excluding hydrogens is 933 g/mol. The normalized spacial score (nSPS) is 12.3. The first-order valence-electron chi connectivity index (χ1n) is 25.4. The highest BCUT2D eigenvalue weighted by Gasteiger charge is 2.24. The lowest BCUT2D eigenvalue weighted by Gasteiger charge is -2.18. The highest BCUT2D eigenvalue weighted by Crippen LogP contribution is 2.51. The average Bonchev–Trinajstić information content (AvgIpc) is 4.23. The SMILES string of the molecule is c1ccc(-n2c3ccccc3c3cccc(-c4cc5cc6c(cc(-c7cccc8c9ccccc9n(-c9ccccc9)c78)c7ccc8c9ccccc9sc8c76)cc5c5c4ccc4c6ccccc6sc45)c32)cc1. The molecule has 0 spiro atoms. The smallest absolute Gasteiger partial charge is 0.0619 e. The number of hydrogen-bond acceptors (Lipinski definition) is 2. The van der Waals surface area contributed by atoms with E-state index < -0.39 is 0 Å². The Kier molecular flexibility index (Phi) is 8.34. The standard InChI is InChI=1S/C70H40N2S2/c1-3-17-43(18-4-1)71-61-29-11-7-21-45(61)51-25-15-27-53(67(51)71)59-39-41-37-58-42(38-57(41)65-49(59)33-35-55-47-23-9-13-31-63(47)73-69(55)65)40-60(50-34-36-56-48-24-10-14-32-64(48)74-70(56)66(50)58)54-28-16-26-52-46-22-8-12-30-62(46)72(68(52)54)44-19-5-2-6-20-44/h1-40H. The first-order valence-corrected chi connectivity index (χ1v) is 27.0. The van der Waals surface area contributed by atoms with Crippen molar-refractivity contribution in [3.63, 3.8) is 0 Å². The molecule has 0 saturated heterocycles. The molecule has 17 rings (SSSR count). The molecule has 0 aliphatic heterocycles. The third-order valence-corrected chi connectivity index (χ3v) is 18.4. The minimum atomic E-state index is 1.16. The first kappa shape index (κ1) is 40.5. The lowest BCUT2D eigenvalue weighted by Crippen LogP contribution is -1.96. The van der Waals surface area contributed by atoms with E-state index in [1.807, 2.05) is 22.7 Å². The van der Waals surface area contributed by atoms with Crippen molar-refractivity contribution in [2.24, 2.45) is 0 Å². The average molecular weight is 973 g/mol. The van der Waals surface area contributed by atoms with Gasteiger partial charge in [0.05, 0.1) is 22.1 Å². The summed E-state index contributed by atoms with van der Waals surface area (Å²) in [5.41, 5.74) is 12.1. The summed E-state index contributed by atoms with van der Waals surface area (Å²) < 4.78 is 10.2. The van der Waals surface area contributed by atoms with Gasteiger partial charge in [0, 0.05) is 95.2 Å². The Morgan fingerprint density at radius 2 is 0.622 bits per heavy atom. The second-order valence-electron chi connectivity index (χ2n) is 19.8. The van der Waals surface area contributed by atoms with Gasteiger partial charge in [-0.1, -0.05) is 170 Å². The molecule has 0 aliphatic rings. The molecule has 0 amide bonds. The summed E-state index contributed by atoms with van der Waals surface area (Å²) in [5, 5.41) is 20.4. The van der Waals surface area contributed by atoms with E-state index in [1.165, 1.54) is 149 Å². The van der Waals surface area contributed by atoms with Crippen LogP contribution in [0.3, 0.4) is 0 Å². The van der Waals surface area contributed by atoms with Crippen LogP contribution in [-0.2, 0) is 0 Å². The van der Waals surface area contributed by atoms with E-state index in [0.29, 0.717) is 0 Å². The van der Waals surface area contributed by atoms with Crippen LogP contribution in [0.1, 0.15) is 0 Å². The van der Waals surface area contributed by atoms with Crippen LogP contribution in [0.15, 0.2) is 243 Å². The minimum absolute atomic E-state index is 1.16. The fourth-order valence-corrected chi connectivity index (χ4v) is 15.5. The lowest BCUT2D eigenvalue weighted by molar-refractivity contribution is 1.18. The van der Waals surface area contributed by atoms with Gasteiger partial charge in [0.15, 0.2) is 0 Å². The number of para-hydroxylation sites is 6. The molecule has 0 atom stereocenters. The summed E-state index contributed by atoms with van der Waals surface area (Å²) in [6.07, 6.45) is 0. The minimum Gasteiger partial charge on any atom is -0.309 e. The second kappa shape index (κ2) is 15.2.